The Labute approximate surface area is 144 Å². The van der Waals surface area contributed by atoms with Crippen LogP contribution in [-0.2, 0) is 17.6 Å². The fourth-order valence-corrected chi connectivity index (χ4v) is 3.87. The highest BCUT2D eigenvalue weighted by atomic mass is 32.1. The number of rotatable bonds is 4. The van der Waals surface area contributed by atoms with E-state index in [9.17, 15) is 9.59 Å². The number of ether oxygens (including phenoxy) is 3. The Bertz CT molecular complexity index is 754. The maximum absolute atomic E-state index is 12.4. The van der Waals surface area contributed by atoms with Gasteiger partial charge in [0, 0.05) is 4.88 Å². The molecule has 1 aromatic heterocycles. The summed E-state index contributed by atoms with van der Waals surface area (Å²) < 4.78 is 15.4. The van der Waals surface area contributed by atoms with Crippen molar-refractivity contribution in [1.82, 2.24) is 0 Å². The average Bonchev–Trinajstić information content (AvgIpc) is 3.05. The van der Waals surface area contributed by atoms with E-state index in [1.807, 2.05) is 6.07 Å². The van der Waals surface area contributed by atoms with Gasteiger partial charge in [0.25, 0.3) is 0 Å². The number of hydrogen-bond acceptors (Lipinski definition) is 6. The van der Waals surface area contributed by atoms with E-state index in [-0.39, 0.29) is 5.75 Å². The van der Waals surface area contributed by atoms with Gasteiger partial charge in [-0.25, -0.2) is 9.59 Å². The van der Waals surface area contributed by atoms with E-state index in [0.717, 1.165) is 12.8 Å². The third kappa shape index (κ3) is 3.28. The van der Waals surface area contributed by atoms with Crippen LogP contribution in [-0.4, -0.2) is 26.2 Å². The van der Waals surface area contributed by atoms with Gasteiger partial charge in [-0.3, -0.25) is 0 Å². The van der Waals surface area contributed by atoms with E-state index in [0.29, 0.717) is 16.2 Å². The summed E-state index contributed by atoms with van der Waals surface area (Å²) in [6.45, 7) is 0. The molecule has 1 aromatic carbocycles. The molecule has 0 amide bonds. The molecule has 0 radical (unpaired) electrons. The second-order valence-electron chi connectivity index (χ2n) is 5.51. The van der Waals surface area contributed by atoms with Crippen LogP contribution in [0.5, 0.6) is 11.5 Å². The van der Waals surface area contributed by atoms with Crippen molar-refractivity contribution in [3.63, 3.8) is 0 Å². The van der Waals surface area contributed by atoms with Crippen molar-refractivity contribution < 1.29 is 23.8 Å². The van der Waals surface area contributed by atoms with Crippen LogP contribution in [0.25, 0.3) is 0 Å². The Hall–Kier alpha value is -2.34. The minimum Gasteiger partial charge on any atom is -0.493 e. The van der Waals surface area contributed by atoms with E-state index in [1.165, 1.54) is 67.0 Å². The van der Waals surface area contributed by atoms with E-state index in [4.69, 9.17) is 9.47 Å². The van der Waals surface area contributed by atoms with Crippen LogP contribution in [0.2, 0.25) is 0 Å². The standard InChI is InChI=1S/C18H18O5S/c1-21-14-9-12(17(19)22-2)7-8-13(14)23-18(20)16-10-11-5-3-4-6-15(11)24-16/h7-10H,3-6H2,1-2H3. The van der Waals surface area contributed by atoms with E-state index >= 15 is 0 Å². The predicted octanol–water partition coefficient (Wildman–Crippen LogP) is 3.64. The van der Waals surface area contributed by atoms with E-state index in [2.05, 4.69) is 4.74 Å². The third-order valence-electron chi connectivity index (χ3n) is 3.99. The van der Waals surface area contributed by atoms with E-state index in [1.54, 1.807) is 0 Å². The number of aryl methyl sites for hydroxylation is 2. The number of esters is 2. The van der Waals surface area contributed by atoms with Crippen LogP contribution in [0.3, 0.4) is 0 Å². The lowest BCUT2D eigenvalue weighted by atomic mass is 9.99. The summed E-state index contributed by atoms with van der Waals surface area (Å²) in [6.07, 6.45) is 4.40. The molecule has 0 N–H and O–H groups in total. The molecule has 0 bridgehead atoms. The largest absolute Gasteiger partial charge is 0.493 e. The zero-order valence-electron chi connectivity index (χ0n) is 13.6. The van der Waals surface area contributed by atoms with Gasteiger partial charge in [0.2, 0.25) is 0 Å². The van der Waals surface area contributed by atoms with Gasteiger partial charge < -0.3 is 14.2 Å². The van der Waals surface area contributed by atoms with E-state index < -0.39 is 11.9 Å². The lowest BCUT2D eigenvalue weighted by molar-refractivity contribution is 0.0600. The van der Waals surface area contributed by atoms with Crippen molar-refractivity contribution in [1.29, 1.82) is 0 Å². The second-order valence-corrected chi connectivity index (χ2v) is 6.65. The molecule has 0 atom stereocenters. The molecule has 1 heterocycles. The highest BCUT2D eigenvalue weighted by Gasteiger charge is 2.20. The Balaban J connectivity index is 1.81. The molecule has 5 nitrogen and oxygen atoms in total. The molecule has 6 heteroatoms. The minimum absolute atomic E-state index is 0.279. The normalized spacial score (nSPS) is 13.1. The summed E-state index contributed by atoms with van der Waals surface area (Å²) in [5.41, 5.74) is 1.59. The Morgan fingerprint density at radius 3 is 2.50 bits per heavy atom. The summed E-state index contributed by atoms with van der Waals surface area (Å²) in [7, 11) is 2.76. The smallest absolute Gasteiger partial charge is 0.353 e. The van der Waals surface area contributed by atoms with Gasteiger partial charge in [-0.05, 0) is 55.5 Å². The molecule has 1 aliphatic carbocycles. The van der Waals surface area contributed by atoms with Crippen LogP contribution in [0, 0.1) is 0 Å². The Morgan fingerprint density at radius 1 is 1.00 bits per heavy atom. The average molecular weight is 346 g/mol. The van der Waals surface area contributed by atoms with Gasteiger partial charge >= 0.3 is 11.9 Å². The molecule has 0 aliphatic heterocycles. The lowest BCUT2D eigenvalue weighted by Gasteiger charge is -2.09. The molecule has 0 saturated carbocycles. The molecule has 0 spiro atoms. The first-order valence-electron chi connectivity index (χ1n) is 7.72. The number of thiophene rings is 1. The first-order valence-corrected chi connectivity index (χ1v) is 8.54. The maximum Gasteiger partial charge on any atom is 0.353 e. The SMILES string of the molecule is COC(=O)c1ccc(OC(=O)c2cc3c(s2)CCCC3)c(OC)c1. The van der Waals surface area contributed by atoms with Crippen molar-refractivity contribution in [3.8, 4) is 11.5 Å². The van der Waals surface area contributed by atoms with Crippen LogP contribution in [0.4, 0.5) is 0 Å². The number of carbonyl (C=O) groups is 2. The zero-order chi connectivity index (χ0) is 17.1. The number of benzene rings is 1. The molecule has 126 valence electrons. The van der Waals surface area contributed by atoms with Gasteiger partial charge in [-0.15, -0.1) is 11.3 Å². The molecular weight excluding hydrogens is 328 g/mol. The number of methoxy groups -OCH3 is 2. The lowest BCUT2D eigenvalue weighted by Crippen LogP contribution is -2.08. The molecule has 0 unspecified atom stereocenters. The zero-order valence-corrected chi connectivity index (χ0v) is 14.4. The van der Waals surface area contributed by atoms with Crippen LogP contribution in [0.15, 0.2) is 24.3 Å². The highest BCUT2D eigenvalue weighted by Crippen LogP contribution is 2.32. The maximum atomic E-state index is 12.4. The summed E-state index contributed by atoms with van der Waals surface area (Å²) in [5.74, 6) is -0.287. The molecule has 3 rings (SSSR count). The quantitative estimate of drug-likeness (QED) is 0.625. The topological polar surface area (TPSA) is 61.8 Å². The fourth-order valence-electron chi connectivity index (χ4n) is 2.74. The van der Waals surface area contributed by atoms with Gasteiger partial charge in [-0.2, -0.15) is 0 Å². The molecule has 0 fully saturated rings. The molecular formula is C18H18O5S. The van der Waals surface area contributed by atoms with Gasteiger partial charge in [0.1, 0.15) is 4.88 Å². The van der Waals surface area contributed by atoms with Gasteiger partial charge in [-0.1, -0.05) is 0 Å². The molecule has 0 saturated heterocycles. The number of carbonyl (C=O) groups excluding carboxylic acids is 2. The summed E-state index contributed by atoms with van der Waals surface area (Å²) in [5, 5.41) is 0. The summed E-state index contributed by atoms with van der Waals surface area (Å²) in [6, 6.07) is 6.50. The van der Waals surface area contributed by atoms with Crippen LogP contribution < -0.4 is 9.47 Å². The van der Waals surface area contributed by atoms with Gasteiger partial charge in [0.05, 0.1) is 19.8 Å². The third-order valence-corrected chi connectivity index (χ3v) is 5.20. The predicted molar refractivity (Wildman–Crippen MR) is 90.3 cm³/mol. The van der Waals surface area contributed by atoms with Crippen molar-refractivity contribution in [3.05, 3.63) is 45.1 Å². The first kappa shape index (κ1) is 16.5. The minimum atomic E-state index is -0.475. The monoisotopic (exact) mass is 346 g/mol. The van der Waals surface area contributed by atoms with Crippen molar-refractivity contribution in [2.75, 3.05) is 14.2 Å². The Morgan fingerprint density at radius 2 is 1.79 bits per heavy atom. The van der Waals surface area contributed by atoms with Crippen LogP contribution in [0.1, 0.15) is 43.3 Å². The van der Waals surface area contributed by atoms with Crippen LogP contribution >= 0.6 is 11.3 Å². The molecule has 2 aromatic rings. The summed E-state index contributed by atoms with van der Waals surface area (Å²) in [4.78, 5) is 25.9. The van der Waals surface area contributed by atoms with Crippen molar-refractivity contribution >= 4 is 23.3 Å². The molecule has 24 heavy (non-hydrogen) atoms. The van der Waals surface area contributed by atoms with Crippen molar-refractivity contribution in [2.24, 2.45) is 0 Å². The van der Waals surface area contributed by atoms with Gasteiger partial charge in [0.15, 0.2) is 11.5 Å². The highest BCUT2D eigenvalue weighted by molar-refractivity contribution is 7.14. The second kappa shape index (κ2) is 7.05. The molecule has 1 aliphatic rings. The fraction of sp³-hybridized carbons (Fsp3) is 0.333. The Kier molecular flexibility index (Phi) is 4.85. The summed E-state index contributed by atoms with van der Waals surface area (Å²) >= 11 is 1.50. The van der Waals surface area contributed by atoms with Crippen molar-refractivity contribution in [2.45, 2.75) is 25.7 Å². The first-order chi connectivity index (χ1) is 11.6. The number of fused-ring (bicyclic) bond motifs is 1. The number of hydrogen-bond donors (Lipinski definition) is 0.